The third-order valence-corrected chi connectivity index (χ3v) is 2.53. The number of nitrogens with zero attached hydrogens (tertiary/aromatic N) is 2. The van der Waals surface area contributed by atoms with E-state index >= 15 is 0 Å². The Balaban J connectivity index is 2.43. The van der Waals surface area contributed by atoms with Crippen LogP contribution in [0.5, 0.6) is 0 Å². The van der Waals surface area contributed by atoms with Crippen LogP contribution < -0.4 is 5.32 Å². The number of benzene rings is 1. The summed E-state index contributed by atoms with van der Waals surface area (Å²) in [5.74, 6) is 0. The highest BCUT2D eigenvalue weighted by Gasteiger charge is 2.12. The highest BCUT2D eigenvalue weighted by atomic mass is 15.1. The van der Waals surface area contributed by atoms with Crippen molar-refractivity contribution in [2.24, 2.45) is 0 Å². The molecule has 0 saturated carbocycles. The van der Waals surface area contributed by atoms with Gasteiger partial charge in [-0.2, -0.15) is 10.2 Å². The van der Waals surface area contributed by atoms with E-state index in [1.165, 1.54) is 22.0 Å². The number of aromatic nitrogens is 2. The average molecular weight is 171 g/mol. The van der Waals surface area contributed by atoms with Crippen LogP contribution >= 0.6 is 0 Å². The van der Waals surface area contributed by atoms with Crippen LogP contribution in [-0.4, -0.2) is 16.7 Å². The first-order chi connectivity index (χ1) is 6.45. The summed E-state index contributed by atoms with van der Waals surface area (Å²) in [6.07, 6.45) is 4.76. The van der Waals surface area contributed by atoms with Gasteiger partial charge in [-0.1, -0.05) is 6.07 Å². The van der Waals surface area contributed by atoms with E-state index in [1.807, 2.05) is 12.4 Å². The molecule has 0 amide bonds. The normalized spacial score (nSPS) is 14.2. The van der Waals surface area contributed by atoms with Gasteiger partial charge in [0.1, 0.15) is 0 Å². The molecule has 2 aromatic rings. The van der Waals surface area contributed by atoms with Crippen molar-refractivity contribution < 1.29 is 0 Å². The molecular weight excluding hydrogens is 162 g/mol. The first-order valence-electron chi connectivity index (χ1n) is 4.41. The zero-order valence-corrected chi connectivity index (χ0v) is 7.12. The molecule has 0 atom stereocenters. The lowest BCUT2D eigenvalue weighted by molar-refractivity contribution is 1.04. The lowest BCUT2D eigenvalue weighted by Crippen LogP contribution is -1.90. The molecule has 0 aliphatic carbocycles. The van der Waals surface area contributed by atoms with E-state index < -0.39 is 0 Å². The molecule has 3 rings (SSSR count). The topological polar surface area (TPSA) is 37.8 Å². The molecule has 1 aliphatic rings. The van der Waals surface area contributed by atoms with Crippen molar-refractivity contribution in [3.63, 3.8) is 0 Å². The van der Waals surface area contributed by atoms with Crippen LogP contribution in [0.15, 0.2) is 24.5 Å². The maximum Gasteiger partial charge on any atom is 0.0578 e. The van der Waals surface area contributed by atoms with Crippen LogP contribution in [0.2, 0.25) is 0 Å². The summed E-state index contributed by atoms with van der Waals surface area (Å²) in [5.41, 5.74) is 2.63. The molecule has 1 N–H and O–H groups in total. The predicted molar refractivity (Wildman–Crippen MR) is 51.7 cm³/mol. The molecule has 0 spiro atoms. The average Bonchev–Trinajstić information content (AvgIpc) is 2.65. The Labute approximate surface area is 75.8 Å². The molecule has 13 heavy (non-hydrogen) atoms. The Morgan fingerprint density at radius 3 is 3.08 bits per heavy atom. The second kappa shape index (κ2) is 2.42. The van der Waals surface area contributed by atoms with Crippen molar-refractivity contribution in [3.05, 3.63) is 30.1 Å². The zero-order valence-electron chi connectivity index (χ0n) is 7.12. The number of rotatable bonds is 0. The molecule has 0 bridgehead atoms. The Kier molecular flexibility index (Phi) is 1.27. The number of anilines is 1. The smallest absolute Gasteiger partial charge is 0.0578 e. The number of nitrogens with one attached hydrogen (secondary N) is 1. The van der Waals surface area contributed by atoms with Crippen LogP contribution in [0.25, 0.3) is 10.8 Å². The molecule has 1 aliphatic heterocycles. The molecule has 0 unspecified atom stereocenters. The summed E-state index contributed by atoms with van der Waals surface area (Å²) in [4.78, 5) is 0. The van der Waals surface area contributed by atoms with Crippen molar-refractivity contribution in [2.75, 3.05) is 11.9 Å². The van der Waals surface area contributed by atoms with Gasteiger partial charge in [-0.3, -0.25) is 0 Å². The number of hydrogen-bond acceptors (Lipinski definition) is 3. The summed E-state index contributed by atoms with van der Waals surface area (Å²) < 4.78 is 0. The molecule has 64 valence electrons. The summed E-state index contributed by atoms with van der Waals surface area (Å²) in [6.45, 7) is 1.04. The van der Waals surface area contributed by atoms with Crippen LogP contribution in [0.3, 0.4) is 0 Å². The van der Waals surface area contributed by atoms with Crippen LogP contribution in [0.1, 0.15) is 5.56 Å². The Morgan fingerprint density at radius 2 is 2.08 bits per heavy atom. The van der Waals surface area contributed by atoms with E-state index in [0.29, 0.717) is 0 Å². The molecule has 0 fully saturated rings. The van der Waals surface area contributed by atoms with Gasteiger partial charge in [-0.15, -0.1) is 0 Å². The van der Waals surface area contributed by atoms with Crippen LogP contribution in [0, 0.1) is 0 Å². The molecular formula is C10H9N3. The summed E-state index contributed by atoms with van der Waals surface area (Å²) in [7, 11) is 0. The van der Waals surface area contributed by atoms with Crippen molar-refractivity contribution in [2.45, 2.75) is 6.42 Å². The minimum Gasteiger partial charge on any atom is -0.384 e. The second-order valence-electron chi connectivity index (χ2n) is 3.26. The molecule has 3 nitrogen and oxygen atoms in total. The monoisotopic (exact) mass is 171 g/mol. The second-order valence-corrected chi connectivity index (χ2v) is 3.26. The van der Waals surface area contributed by atoms with E-state index in [-0.39, 0.29) is 0 Å². The van der Waals surface area contributed by atoms with Crippen LogP contribution in [-0.2, 0) is 6.42 Å². The van der Waals surface area contributed by atoms with Gasteiger partial charge in [0.2, 0.25) is 0 Å². The summed E-state index contributed by atoms with van der Waals surface area (Å²) in [6, 6.07) is 4.20. The third-order valence-electron chi connectivity index (χ3n) is 2.53. The first kappa shape index (κ1) is 6.83. The minimum atomic E-state index is 1.04. The lowest BCUT2D eigenvalue weighted by atomic mass is 10.1. The highest BCUT2D eigenvalue weighted by molar-refractivity contribution is 5.89. The van der Waals surface area contributed by atoms with E-state index in [2.05, 4.69) is 27.6 Å². The molecule has 2 heterocycles. The van der Waals surface area contributed by atoms with Gasteiger partial charge < -0.3 is 5.32 Å². The van der Waals surface area contributed by atoms with Gasteiger partial charge in [0, 0.05) is 23.0 Å². The first-order valence-corrected chi connectivity index (χ1v) is 4.41. The lowest BCUT2D eigenvalue weighted by Gasteiger charge is -2.02. The van der Waals surface area contributed by atoms with Gasteiger partial charge >= 0.3 is 0 Å². The van der Waals surface area contributed by atoms with E-state index in [4.69, 9.17) is 0 Å². The zero-order chi connectivity index (χ0) is 8.67. The van der Waals surface area contributed by atoms with Gasteiger partial charge in [0.15, 0.2) is 0 Å². The molecule has 3 heteroatoms. The summed E-state index contributed by atoms with van der Waals surface area (Å²) >= 11 is 0. The molecule has 1 aromatic carbocycles. The fourth-order valence-corrected chi connectivity index (χ4v) is 1.89. The largest absolute Gasteiger partial charge is 0.384 e. The van der Waals surface area contributed by atoms with Gasteiger partial charge in [0.25, 0.3) is 0 Å². The quantitative estimate of drug-likeness (QED) is 0.654. The molecule has 1 aromatic heterocycles. The number of fused-ring (bicyclic) bond motifs is 3. The highest BCUT2D eigenvalue weighted by Crippen LogP contribution is 2.28. The Bertz CT molecular complexity index is 465. The number of hydrogen-bond donors (Lipinski definition) is 1. The minimum absolute atomic E-state index is 1.04. The maximum atomic E-state index is 3.91. The van der Waals surface area contributed by atoms with Crippen molar-refractivity contribution in [1.82, 2.24) is 10.2 Å². The van der Waals surface area contributed by atoms with Gasteiger partial charge in [0.05, 0.1) is 12.4 Å². The Hall–Kier alpha value is -1.64. The van der Waals surface area contributed by atoms with Crippen molar-refractivity contribution >= 4 is 16.5 Å². The fourth-order valence-electron chi connectivity index (χ4n) is 1.89. The SMILES string of the molecule is c1cc2cnncc2c2c1NCC2. The van der Waals surface area contributed by atoms with Crippen LogP contribution in [0.4, 0.5) is 5.69 Å². The Morgan fingerprint density at radius 1 is 1.15 bits per heavy atom. The maximum absolute atomic E-state index is 3.91. The molecule has 0 saturated heterocycles. The van der Waals surface area contributed by atoms with Gasteiger partial charge in [-0.25, -0.2) is 0 Å². The van der Waals surface area contributed by atoms with Gasteiger partial charge in [-0.05, 0) is 18.1 Å². The fraction of sp³-hybridized carbons (Fsp3) is 0.200. The third kappa shape index (κ3) is 0.900. The predicted octanol–water partition coefficient (Wildman–Crippen LogP) is 1.60. The van der Waals surface area contributed by atoms with E-state index in [0.717, 1.165) is 13.0 Å². The summed E-state index contributed by atoms with van der Waals surface area (Å²) in [5, 5.41) is 13.5. The van der Waals surface area contributed by atoms with E-state index in [1.54, 1.807) is 0 Å². The van der Waals surface area contributed by atoms with Crippen molar-refractivity contribution in [3.8, 4) is 0 Å². The van der Waals surface area contributed by atoms with Crippen molar-refractivity contribution in [1.29, 1.82) is 0 Å². The van der Waals surface area contributed by atoms with E-state index in [9.17, 15) is 0 Å². The molecule has 0 radical (unpaired) electrons. The standard InChI is InChI=1S/C10H9N3/c1-2-10-8(3-4-11-10)9-6-13-12-5-7(1)9/h1-2,5-6,11H,3-4H2.